The number of carbonyl (C=O) groups excluding carboxylic acids is 2. The number of allylic oxidation sites excluding steroid dienone is 14. The number of quaternary nitrogens is 1. The van der Waals surface area contributed by atoms with Crippen LogP contribution in [0.4, 0.5) is 0 Å². The van der Waals surface area contributed by atoms with Gasteiger partial charge in [0.05, 0.1) is 27.7 Å². The van der Waals surface area contributed by atoms with E-state index < -0.39 is 26.5 Å². The molecule has 0 saturated heterocycles. The third-order valence-electron chi connectivity index (χ3n) is 16.4. The zero-order valence-corrected chi connectivity index (χ0v) is 59.3. The predicted molar refractivity (Wildman–Crippen MR) is 379 cm³/mol. The fourth-order valence-corrected chi connectivity index (χ4v) is 11.4. The zero-order chi connectivity index (χ0) is 64.1. The quantitative estimate of drug-likeness (QED) is 0.0195. The highest BCUT2D eigenvalue weighted by Gasteiger charge is 2.22. The van der Waals surface area contributed by atoms with Crippen LogP contribution >= 0.6 is 7.82 Å². The van der Waals surface area contributed by atoms with E-state index in [-0.39, 0.29) is 32.0 Å². The van der Waals surface area contributed by atoms with Crippen molar-refractivity contribution in [2.24, 2.45) is 0 Å². The SMILES string of the molecule is CC/C=C\C/C=C\C/C=C\C/C=C\C/C=C\CCCCCCCCCCCC(=O)OC(COC(=O)CCCCCCCCCCCCCCCCCCCCCCCCCCCCC/C=C\C/C=C\CCCCCCC)COP(=O)([O-])OCC[N+](C)(C)C. The van der Waals surface area contributed by atoms with E-state index in [0.29, 0.717) is 17.4 Å². The van der Waals surface area contributed by atoms with Gasteiger partial charge in [0.15, 0.2) is 6.10 Å². The molecular weight excluding hydrogens is 1110 g/mol. The van der Waals surface area contributed by atoms with Gasteiger partial charge in [-0.25, -0.2) is 0 Å². The van der Waals surface area contributed by atoms with Crippen LogP contribution in [0.5, 0.6) is 0 Å². The fraction of sp³-hybridized carbons (Fsp3) is 0.795. The molecule has 0 saturated carbocycles. The Morgan fingerprint density at radius 2 is 0.648 bits per heavy atom. The number of esters is 2. The molecule has 0 radical (unpaired) electrons. The van der Waals surface area contributed by atoms with Gasteiger partial charge in [-0.05, 0) is 89.9 Å². The first kappa shape index (κ1) is 85.2. The lowest BCUT2D eigenvalue weighted by Crippen LogP contribution is -2.37. The summed E-state index contributed by atoms with van der Waals surface area (Å²) in [6.45, 7) is 4.15. The molecule has 9 nitrogen and oxygen atoms in total. The lowest BCUT2D eigenvalue weighted by Gasteiger charge is -2.28. The molecule has 0 bridgehead atoms. The minimum atomic E-state index is -4.65. The van der Waals surface area contributed by atoms with Crippen molar-refractivity contribution in [2.75, 3.05) is 47.5 Å². The van der Waals surface area contributed by atoms with Crippen molar-refractivity contribution in [3.63, 3.8) is 0 Å². The molecule has 0 aliphatic carbocycles. The van der Waals surface area contributed by atoms with Crippen LogP contribution in [-0.2, 0) is 32.7 Å². The van der Waals surface area contributed by atoms with Gasteiger partial charge in [-0.3, -0.25) is 14.2 Å². The first-order valence-electron chi connectivity index (χ1n) is 37.3. The van der Waals surface area contributed by atoms with Crippen molar-refractivity contribution >= 4 is 19.8 Å². The molecule has 0 aromatic heterocycles. The number of nitrogens with zero attached hydrogens (tertiary/aromatic N) is 1. The number of carbonyl (C=O) groups is 2. The normalized spacial score (nSPS) is 13.6. The molecule has 2 unspecified atom stereocenters. The third-order valence-corrected chi connectivity index (χ3v) is 17.4. The predicted octanol–water partition coefficient (Wildman–Crippen LogP) is 23.9. The summed E-state index contributed by atoms with van der Waals surface area (Å²) in [7, 11) is 1.17. The van der Waals surface area contributed by atoms with Crippen LogP contribution in [0.25, 0.3) is 0 Å². The molecule has 0 aliphatic heterocycles. The fourth-order valence-electron chi connectivity index (χ4n) is 10.7. The summed E-state index contributed by atoms with van der Waals surface area (Å²) in [6, 6.07) is 0. The first-order valence-corrected chi connectivity index (χ1v) is 38.8. The summed E-state index contributed by atoms with van der Waals surface area (Å²) >= 11 is 0. The van der Waals surface area contributed by atoms with Gasteiger partial charge in [0.2, 0.25) is 0 Å². The number of unbranched alkanes of at least 4 members (excludes halogenated alkanes) is 41. The summed E-state index contributed by atoms with van der Waals surface area (Å²) in [5.41, 5.74) is 0. The molecule has 10 heteroatoms. The summed E-state index contributed by atoms with van der Waals surface area (Å²) in [5.74, 6) is -0.829. The van der Waals surface area contributed by atoms with Crippen LogP contribution in [-0.4, -0.2) is 70.0 Å². The van der Waals surface area contributed by atoms with Gasteiger partial charge >= 0.3 is 11.9 Å². The van der Waals surface area contributed by atoms with Crippen LogP contribution in [0.3, 0.4) is 0 Å². The smallest absolute Gasteiger partial charge is 0.306 e. The number of phosphoric ester groups is 1. The Labute approximate surface area is 545 Å². The summed E-state index contributed by atoms with van der Waals surface area (Å²) in [4.78, 5) is 38.1. The lowest BCUT2D eigenvalue weighted by molar-refractivity contribution is -0.870. The van der Waals surface area contributed by atoms with E-state index in [4.69, 9.17) is 18.5 Å². The minimum absolute atomic E-state index is 0.0336. The van der Waals surface area contributed by atoms with Crippen LogP contribution in [0, 0.1) is 0 Å². The van der Waals surface area contributed by atoms with Crippen molar-refractivity contribution in [1.82, 2.24) is 0 Å². The summed E-state index contributed by atoms with van der Waals surface area (Å²) in [5, 5.41) is 0. The molecular formula is C78H142NO8P. The van der Waals surface area contributed by atoms with E-state index in [1.807, 2.05) is 21.1 Å². The number of ether oxygens (including phenoxy) is 2. The largest absolute Gasteiger partial charge is 0.756 e. The van der Waals surface area contributed by atoms with Crippen LogP contribution in [0.1, 0.15) is 348 Å². The van der Waals surface area contributed by atoms with Crippen molar-refractivity contribution in [2.45, 2.75) is 354 Å². The topological polar surface area (TPSA) is 111 Å². The number of hydrogen-bond acceptors (Lipinski definition) is 8. The average molecular weight is 1250 g/mol. The average Bonchev–Trinajstić information content (AvgIpc) is 3.57. The second kappa shape index (κ2) is 68.6. The third kappa shape index (κ3) is 72.3. The standard InChI is InChI=1S/C78H142NO8P/c1-6-8-10-12-14-16-18-20-22-24-26-28-30-32-33-34-35-36-37-38-39-40-41-42-43-44-45-47-48-50-52-54-56-58-60-62-64-66-68-70-77(80)84-74-76(75-86-88(82,83)85-73-72-79(3,4)5)87-78(81)71-69-67-65-63-61-59-57-55-53-51-49-46-31-29-27-25-23-21-19-17-15-13-11-9-7-2/h9,11,15,17-18,20-21,23-24,26-27,29,46,49,76H,6-8,10,12-14,16,19,22,25,28,30-45,47-48,50-75H2,1-5H3/b11-9-,17-15-,20-18-,23-21-,26-24-,29-27-,49-46-. The van der Waals surface area contributed by atoms with Crippen molar-refractivity contribution < 1.29 is 42.1 Å². The Morgan fingerprint density at radius 3 is 0.966 bits per heavy atom. The van der Waals surface area contributed by atoms with E-state index in [9.17, 15) is 19.0 Å². The molecule has 0 N–H and O–H groups in total. The van der Waals surface area contributed by atoms with E-state index in [1.54, 1.807) is 0 Å². The number of rotatable bonds is 69. The maximum atomic E-state index is 12.9. The molecule has 0 amide bonds. The monoisotopic (exact) mass is 1250 g/mol. The Hall–Kier alpha value is -2.81. The Bertz CT molecular complexity index is 1760. The van der Waals surface area contributed by atoms with Gasteiger partial charge in [0, 0.05) is 12.8 Å². The molecule has 0 heterocycles. The van der Waals surface area contributed by atoms with Crippen molar-refractivity contribution in [3.8, 4) is 0 Å². The van der Waals surface area contributed by atoms with Crippen molar-refractivity contribution in [3.05, 3.63) is 85.1 Å². The van der Waals surface area contributed by atoms with Gasteiger partial charge in [-0.15, -0.1) is 0 Å². The summed E-state index contributed by atoms with van der Waals surface area (Å²) < 4.78 is 34.3. The molecule has 0 spiro atoms. The maximum Gasteiger partial charge on any atom is 0.306 e. The minimum Gasteiger partial charge on any atom is -0.756 e. The van der Waals surface area contributed by atoms with Crippen LogP contribution in [0.2, 0.25) is 0 Å². The summed E-state index contributed by atoms with van der Waals surface area (Å²) in [6.07, 6.45) is 94.1. The Balaban J connectivity index is 3.94. The van der Waals surface area contributed by atoms with Gasteiger partial charge in [-0.1, -0.05) is 330 Å². The highest BCUT2D eigenvalue weighted by atomic mass is 31.2. The highest BCUT2D eigenvalue weighted by molar-refractivity contribution is 7.45. The zero-order valence-electron chi connectivity index (χ0n) is 58.4. The molecule has 512 valence electrons. The second-order valence-corrected chi connectivity index (χ2v) is 27.7. The first-order chi connectivity index (χ1) is 43.0. The second-order valence-electron chi connectivity index (χ2n) is 26.3. The number of phosphoric acid groups is 1. The molecule has 0 fully saturated rings. The van der Waals surface area contributed by atoms with Gasteiger partial charge in [0.1, 0.15) is 19.8 Å². The van der Waals surface area contributed by atoms with Gasteiger partial charge in [0.25, 0.3) is 7.82 Å². The molecule has 88 heavy (non-hydrogen) atoms. The highest BCUT2D eigenvalue weighted by Crippen LogP contribution is 2.38. The van der Waals surface area contributed by atoms with Crippen LogP contribution < -0.4 is 4.89 Å². The molecule has 0 rings (SSSR count). The number of hydrogen-bond donors (Lipinski definition) is 0. The van der Waals surface area contributed by atoms with E-state index >= 15 is 0 Å². The lowest BCUT2D eigenvalue weighted by atomic mass is 10.0. The van der Waals surface area contributed by atoms with E-state index in [1.165, 1.54) is 231 Å². The van der Waals surface area contributed by atoms with E-state index in [2.05, 4.69) is 98.9 Å². The molecule has 0 aromatic carbocycles. The number of likely N-dealkylation sites (N-methyl/N-ethyl adjacent to an activating group) is 1. The molecule has 0 aliphatic rings. The van der Waals surface area contributed by atoms with E-state index in [0.717, 1.165) is 83.5 Å². The molecule has 2 atom stereocenters. The van der Waals surface area contributed by atoms with Crippen molar-refractivity contribution in [1.29, 1.82) is 0 Å². The maximum absolute atomic E-state index is 12.9. The van der Waals surface area contributed by atoms with Gasteiger partial charge < -0.3 is 27.9 Å². The van der Waals surface area contributed by atoms with Crippen LogP contribution in [0.15, 0.2) is 85.1 Å². The van der Waals surface area contributed by atoms with Gasteiger partial charge in [-0.2, -0.15) is 0 Å². The molecule has 0 aromatic rings. The Morgan fingerprint density at radius 1 is 0.364 bits per heavy atom. The Kier molecular flexibility index (Phi) is 66.4.